The summed E-state index contributed by atoms with van der Waals surface area (Å²) < 4.78 is 28.8. The summed E-state index contributed by atoms with van der Waals surface area (Å²) >= 11 is 0. The molecular formula is C22H27F2N7O. The second-order valence-corrected chi connectivity index (χ2v) is 7.50. The average molecular weight is 444 g/mol. The van der Waals surface area contributed by atoms with Crippen molar-refractivity contribution in [1.82, 2.24) is 29.6 Å². The third-order valence-electron chi connectivity index (χ3n) is 4.94. The molecule has 3 aromatic rings. The smallest absolute Gasteiger partial charge is 0.303 e. The number of rotatable bonds is 5. The number of nitrogens with two attached hydrogens (primary N) is 1. The summed E-state index contributed by atoms with van der Waals surface area (Å²) in [6, 6.07) is 3.28. The number of pyridine rings is 1. The first-order chi connectivity index (χ1) is 15.2. The van der Waals surface area contributed by atoms with Gasteiger partial charge in [0.25, 0.3) is 5.91 Å². The van der Waals surface area contributed by atoms with Gasteiger partial charge in [-0.3, -0.25) is 9.69 Å². The topological polar surface area (TPSA) is 103 Å². The molecule has 32 heavy (non-hydrogen) atoms. The van der Waals surface area contributed by atoms with Crippen LogP contribution >= 0.6 is 0 Å². The van der Waals surface area contributed by atoms with Crippen LogP contribution in [0.2, 0.25) is 0 Å². The first kappa shape index (κ1) is 23.4. The molecule has 3 aromatic heterocycles. The molecule has 0 atom stereocenters. The van der Waals surface area contributed by atoms with Crippen LogP contribution < -0.4 is 5.73 Å². The van der Waals surface area contributed by atoms with Crippen molar-refractivity contribution < 1.29 is 13.6 Å². The SMILES string of the molecule is CC.Cc1cnn(-c2cc(C(N)=O)nc3c2CCN(Cc2ccnc(C(C)(F)F)n2)C3)c1. The van der Waals surface area contributed by atoms with Gasteiger partial charge in [0, 0.05) is 44.5 Å². The molecule has 4 rings (SSSR count). The molecule has 1 amide bonds. The van der Waals surface area contributed by atoms with E-state index in [4.69, 9.17) is 5.73 Å². The highest BCUT2D eigenvalue weighted by atomic mass is 19.3. The van der Waals surface area contributed by atoms with Gasteiger partial charge >= 0.3 is 5.92 Å². The van der Waals surface area contributed by atoms with Crippen LogP contribution in [-0.2, 0) is 25.4 Å². The van der Waals surface area contributed by atoms with Crippen LogP contribution in [0, 0.1) is 6.92 Å². The number of nitrogens with zero attached hydrogens (tertiary/aromatic N) is 6. The number of aromatic nitrogens is 5. The van der Waals surface area contributed by atoms with Crippen molar-refractivity contribution in [2.45, 2.75) is 53.1 Å². The lowest BCUT2D eigenvalue weighted by atomic mass is 10.0. The van der Waals surface area contributed by atoms with Crippen molar-refractivity contribution in [3.8, 4) is 5.69 Å². The molecule has 0 aromatic carbocycles. The maximum Gasteiger partial charge on any atom is 0.303 e. The minimum absolute atomic E-state index is 0.161. The van der Waals surface area contributed by atoms with Crippen molar-refractivity contribution in [2.24, 2.45) is 5.73 Å². The van der Waals surface area contributed by atoms with Crippen LogP contribution in [0.5, 0.6) is 0 Å². The zero-order chi connectivity index (χ0) is 23.5. The van der Waals surface area contributed by atoms with E-state index in [1.165, 1.54) is 6.20 Å². The number of carbonyl (C=O) groups is 1. The summed E-state index contributed by atoms with van der Waals surface area (Å²) in [6.07, 6.45) is 5.62. The van der Waals surface area contributed by atoms with E-state index >= 15 is 0 Å². The van der Waals surface area contributed by atoms with Crippen LogP contribution in [0.3, 0.4) is 0 Å². The Hall–Kier alpha value is -3.27. The van der Waals surface area contributed by atoms with Gasteiger partial charge in [0.2, 0.25) is 0 Å². The van der Waals surface area contributed by atoms with Gasteiger partial charge in [-0.05, 0) is 31.0 Å². The number of primary amides is 1. The molecule has 0 saturated carbocycles. The molecule has 1 aliphatic heterocycles. The molecule has 4 heterocycles. The van der Waals surface area contributed by atoms with Gasteiger partial charge in [0.15, 0.2) is 5.82 Å². The summed E-state index contributed by atoms with van der Waals surface area (Å²) in [5.74, 6) is -4.22. The summed E-state index contributed by atoms with van der Waals surface area (Å²) in [5.41, 5.74) is 9.62. The van der Waals surface area contributed by atoms with Crippen LogP contribution in [0.4, 0.5) is 8.78 Å². The fourth-order valence-corrected chi connectivity index (χ4v) is 3.51. The summed E-state index contributed by atoms with van der Waals surface area (Å²) in [4.78, 5) is 26.0. The van der Waals surface area contributed by atoms with Gasteiger partial charge in [0.1, 0.15) is 5.69 Å². The number of halogens is 2. The molecule has 0 spiro atoms. The predicted molar refractivity (Wildman–Crippen MR) is 115 cm³/mol. The average Bonchev–Trinajstić information content (AvgIpc) is 3.20. The standard InChI is InChI=1S/C20H21F2N7O.C2H6/c1-12-8-25-29(9-12)17-7-15(18(23)30)27-16-11-28(6-4-14(16)17)10-13-3-5-24-19(26-13)20(2,21)22;1-2/h3,5,7-9H,4,6,10-11H2,1-2H3,(H2,23,30);1-2H3. The molecule has 0 saturated heterocycles. The minimum atomic E-state index is -3.10. The zero-order valence-corrected chi connectivity index (χ0v) is 18.6. The monoisotopic (exact) mass is 443 g/mol. The van der Waals surface area contributed by atoms with E-state index in [1.807, 2.05) is 31.9 Å². The van der Waals surface area contributed by atoms with Crippen molar-refractivity contribution >= 4 is 5.91 Å². The van der Waals surface area contributed by atoms with Crippen molar-refractivity contribution in [2.75, 3.05) is 6.54 Å². The van der Waals surface area contributed by atoms with E-state index in [1.54, 1.807) is 23.0 Å². The first-order valence-corrected chi connectivity index (χ1v) is 10.5. The Morgan fingerprint density at radius 3 is 2.66 bits per heavy atom. The fourth-order valence-electron chi connectivity index (χ4n) is 3.51. The van der Waals surface area contributed by atoms with E-state index in [-0.39, 0.29) is 5.69 Å². The third-order valence-corrected chi connectivity index (χ3v) is 4.94. The highest BCUT2D eigenvalue weighted by Crippen LogP contribution is 2.27. The molecule has 8 nitrogen and oxygen atoms in total. The quantitative estimate of drug-likeness (QED) is 0.650. The van der Waals surface area contributed by atoms with Gasteiger partial charge < -0.3 is 5.73 Å². The Kier molecular flexibility index (Phi) is 6.93. The van der Waals surface area contributed by atoms with E-state index < -0.39 is 17.7 Å². The fraction of sp³-hybridized carbons (Fsp3) is 0.409. The van der Waals surface area contributed by atoms with Gasteiger partial charge in [-0.25, -0.2) is 19.6 Å². The van der Waals surface area contributed by atoms with Crippen molar-refractivity contribution in [1.29, 1.82) is 0 Å². The van der Waals surface area contributed by atoms with Crippen LogP contribution in [0.15, 0.2) is 30.7 Å². The molecular weight excluding hydrogens is 416 g/mol. The van der Waals surface area contributed by atoms with E-state index in [9.17, 15) is 13.6 Å². The zero-order valence-electron chi connectivity index (χ0n) is 18.6. The number of hydrogen-bond acceptors (Lipinski definition) is 6. The minimum Gasteiger partial charge on any atom is -0.364 e. The van der Waals surface area contributed by atoms with Crippen molar-refractivity contribution in [3.63, 3.8) is 0 Å². The summed E-state index contributed by atoms with van der Waals surface area (Å²) in [6.45, 7) is 8.19. The Bertz CT molecular complexity index is 1110. The number of carbonyl (C=O) groups excluding carboxylic acids is 1. The molecule has 0 radical (unpaired) electrons. The van der Waals surface area contributed by atoms with Crippen molar-refractivity contribution in [3.05, 3.63) is 64.8 Å². The summed E-state index contributed by atoms with van der Waals surface area (Å²) in [5, 5.41) is 4.35. The number of fused-ring (bicyclic) bond motifs is 1. The number of alkyl halides is 2. The molecule has 10 heteroatoms. The van der Waals surface area contributed by atoms with Gasteiger partial charge in [-0.15, -0.1) is 0 Å². The Morgan fingerprint density at radius 2 is 2.03 bits per heavy atom. The third kappa shape index (κ3) is 5.13. The molecule has 170 valence electrons. The molecule has 0 unspecified atom stereocenters. The van der Waals surface area contributed by atoms with E-state index in [2.05, 4.69) is 20.1 Å². The van der Waals surface area contributed by atoms with Crippen LogP contribution in [0.25, 0.3) is 5.69 Å². The van der Waals surface area contributed by atoms with Gasteiger partial charge in [-0.2, -0.15) is 13.9 Å². The number of hydrogen-bond donors (Lipinski definition) is 1. The highest BCUT2D eigenvalue weighted by Gasteiger charge is 2.29. The normalized spacial score (nSPS) is 13.8. The van der Waals surface area contributed by atoms with Gasteiger partial charge in [-0.1, -0.05) is 13.8 Å². The maximum absolute atomic E-state index is 13.5. The number of amides is 1. The molecule has 1 aliphatic rings. The van der Waals surface area contributed by atoms with Gasteiger partial charge in [0.05, 0.1) is 23.3 Å². The Morgan fingerprint density at radius 1 is 1.28 bits per heavy atom. The summed E-state index contributed by atoms with van der Waals surface area (Å²) in [7, 11) is 0. The van der Waals surface area contributed by atoms with E-state index in [0.717, 1.165) is 29.4 Å². The van der Waals surface area contributed by atoms with E-state index in [0.29, 0.717) is 31.7 Å². The van der Waals surface area contributed by atoms with Crippen LogP contribution in [-0.4, -0.2) is 42.1 Å². The Labute approximate surface area is 185 Å². The lowest BCUT2D eigenvalue weighted by Gasteiger charge is -2.29. The largest absolute Gasteiger partial charge is 0.364 e. The second kappa shape index (κ2) is 9.47. The lowest BCUT2D eigenvalue weighted by molar-refractivity contribution is 0.00725. The molecule has 2 N–H and O–H groups in total. The van der Waals surface area contributed by atoms with Crippen LogP contribution in [0.1, 0.15) is 59.6 Å². The maximum atomic E-state index is 13.5. The second-order valence-electron chi connectivity index (χ2n) is 7.50. The Balaban J connectivity index is 0.00000141. The highest BCUT2D eigenvalue weighted by molar-refractivity contribution is 5.91. The first-order valence-electron chi connectivity index (χ1n) is 10.5. The predicted octanol–water partition coefficient (Wildman–Crippen LogP) is 3.16. The molecule has 0 fully saturated rings. The lowest BCUT2D eigenvalue weighted by Crippen LogP contribution is -2.33. The number of aryl methyl sites for hydroxylation is 1. The molecule has 0 bridgehead atoms. The molecule has 0 aliphatic carbocycles.